The number of nitrogens with zero attached hydrogens (tertiary/aromatic N) is 1. The highest BCUT2D eigenvalue weighted by Gasteiger charge is 2.32. The molecule has 1 aliphatic carbocycles. The summed E-state index contributed by atoms with van der Waals surface area (Å²) in [6.45, 7) is 9.91. The van der Waals surface area contributed by atoms with Gasteiger partial charge in [0.05, 0.1) is 0 Å². The molecule has 0 amide bonds. The molecule has 15 heavy (non-hydrogen) atoms. The van der Waals surface area contributed by atoms with Gasteiger partial charge < -0.3 is 5.32 Å². The first kappa shape index (κ1) is 11.2. The van der Waals surface area contributed by atoms with Crippen LogP contribution in [0.5, 0.6) is 0 Å². The monoisotopic (exact) mass is 208 g/mol. The maximum atomic E-state index is 3.93. The van der Waals surface area contributed by atoms with E-state index in [1.807, 2.05) is 0 Å². The van der Waals surface area contributed by atoms with Gasteiger partial charge in [-0.3, -0.25) is 4.90 Å². The first-order chi connectivity index (χ1) is 7.31. The number of piperidine rings is 1. The minimum Gasteiger partial charge on any atom is -0.316 e. The van der Waals surface area contributed by atoms with Crippen molar-refractivity contribution in [1.29, 1.82) is 0 Å². The Hall–Kier alpha value is -0.340. The molecule has 1 N–H and O–H groups in total. The predicted octanol–water partition coefficient (Wildman–Crippen LogP) is 2.02. The van der Waals surface area contributed by atoms with Gasteiger partial charge in [0, 0.05) is 18.6 Å². The molecule has 1 saturated carbocycles. The topological polar surface area (TPSA) is 15.3 Å². The van der Waals surface area contributed by atoms with Gasteiger partial charge >= 0.3 is 0 Å². The molecule has 1 saturated heterocycles. The van der Waals surface area contributed by atoms with Crippen LogP contribution in [0.3, 0.4) is 0 Å². The Kier molecular flexibility index (Phi) is 3.81. The van der Waals surface area contributed by atoms with Crippen molar-refractivity contribution in [2.45, 2.75) is 44.7 Å². The van der Waals surface area contributed by atoms with E-state index in [0.717, 1.165) is 12.0 Å². The lowest BCUT2D eigenvalue weighted by Gasteiger charge is -2.33. The van der Waals surface area contributed by atoms with Gasteiger partial charge in [0.15, 0.2) is 0 Å². The molecule has 0 bridgehead atoms. The summed E-state index contributed by atoms with van der Waals surface area (Å²) in [6.07, 6.45) is 7.65. The standard InChI is InChI=1S/C13H24N2/c1-3-11(2)15(13-6-7-13)10-12-5-4-8-14-9-12/h3,11-14H,1,4-10H2,2H3. The van der Waals surface area contributed by atoms with Gasteiger partial charge in [0.25, 0.3) is 0 Å². The molecule has 2 unspecified atom stereocenters. The molecular formula is C13H24N2. The van der Waals surface area contributed by atoms with Crippen molar-refractivity contribution in [3.8, 4) is 0 Å². The first-order valence-corrected chi connectivity index (χ1v) is 6.40. The third kappa shape index (κ3) is 3.05. The molecule has 0 spiro atoms. The number of rotatable bonds is 5. The van der Waals surface area contributed by atoms with E-state index in [2.05, 4.69) is 29.8 Å². The Morgan fingerprint density at radius 2 is 2.27 bits per heavy atom. The van der Waals surface area contributed by atoms with E-state index in [1.54, 1.807) is 0 Å². The molecule has 2 aliphatic rings. The van der Waals surface area contributed by atoms with Gasteiger partial charge in [-0.15, -0.1) is 6.58 Å². The van der Waals surface area contributed by atoms with E-state index < -0.39 is 0 Å². The van der Waals surface area contributed by atoms with Gasteiger partial charge in [-0.25, -0.2) is 0 Å². The van der Waals surface area contributed by atoms with Crippen molar-refractivity contribution < 1.29 is 0 Å². The highest BCUT2D eigenvalue weighted by atomic mass is 15.2. The van der Waals surface area contributed by atoms with Crippen molar-refractivity contribution in [1.82, 2.24) is 10.2 Å². The van der Waals surface area contributed by atoms with Crippen LogP contribution in [0.1, 0.15) is 32.6 Å². The van der Waals surface area contributed by atoms with E-state index in [-0.39, 0.29) is 0 Å². The highest BCUT2D eigenvalue weighted by Crippen LogP contribution is 2.30. The first-order valence-electron chi connectivity index (χ1n) is 6.40. The van der Waals surface area contributed by atoms with Crippen LogP contribution in [-0.2, 0) is 0 Å². The van der Waals surface area contributed by atoms with Gasteiger partial charge in [-0.05, 0) is 51.6 Å². The lowest BCUT2D eigenvalue weighted by molar-refractivity contribution is 0.177. The molecule has 1 aliphatic heterocycles. The molecule has 2 fully saturated rings. The van der Waals surface area contributed by atoms with Crippen LogP contribution in [0.2, 0.25) is 0 Å². The van der Waals surface area contributed by atoms with Crippen LogP contribution < -0.4 is 5.32 Å². The summed E-state index contributed by atoms with van der Waals surface area (Å²) in [5.41, 5.74) is 0. The molecule has 0 aromatic heterocycles. The summed E-state index contributed by atoms with van der Waals surface area (Å²) in [4.78, 5) is 2.66. The van der Waals surface area contributed by atoms with E-state index in [1.165, 1.54) is 45.3 Å². The van der Waals surface area contributed by atoms with Crippen LogP contribution in [-0.4, -0.2) is 36.6 Å². The SMILES string of the molecule is C=CC(C)N(CC1CCCNC1)C1CC1. The Morgan fingerprint density at radius 3 is 2.80 bits per heavy atom. The molecule has 1 heterocycles. The van der Waals surface area contributed by atoms with E-state index in [9.17, 15) is 0 Å². The summed E-state index contributed by atoms with van der Waals surface area (Å²) in [6, 6.07) is 1.42. The summed E-state index contributed by atoms with van der Waals surface area (Å²) >= 11 is 0. The van der Waals surface area contributed by atoms with Crippen LogP contribution in [0, 0.1) is 5.92 Å². The number of hydrogen-bond acceptors (Lipinski definition) is 2. The molecule has 0 aromatic rings. The van der Waals surface area contributed by atoms with Crippen LogP contribution in [0.25, 0.3) is 0 Å². The molecule has 2 nitrogen and oxygen atoms in total. The zero-order chi connectivity index (χ0) is 10.7. The zero-order valence-corrected chi connectivity index (χ0v) is 9.91. The highest BCUT2D eigenvalue weighted by molar-refractivity contribution is 4.94. The zero-order valence-electron chi connectivity index (χ0n) is 9.91. The lowest BCUT2D eigenvalue weighted by atomic mass is 9.98. The predicted molar refractivity (Wildman–Crippen MR) is 65.0 cm³/mol. The summed E-state index contributed by atoms with van der Waals surface area (Å²) in [5.74, 6) is 0.863. The molecule has 2 atom stereocenters. The quantitative estimate of drug-likeness (QED) is 0.695. The largest absolute Gasteiger partial charge is 0.316 e. The van der Waals surface area contributed by atoms with Gasteiger partial charge in [0.2, 0.25) is 0 Å². The third-order valence-electron chi connectivity index (χ3n) is 3.75. The fourth-order valence-electron chi connectivity index (χ4n) is 2.57. The molecule has 86 valence electrons. The lowest BCUT2D eigenvalue weighted by Crippen LogP contribution is -2.42. The van der Waals surface area contributed by atoms with Gasteiger partial charge in [0.1, 0.15) is 0 Å². The molecule has 0 radical (unpaired) electrons. The summed E-state index contributed by atoms with van der Waals surface area (Å²) < 4.78 is 0. The Morgan fingerprint density at radius 1 is 1.47 bits per heavy atom. The Labute approximate surface area is 93.7 Å². The van der Waals surface area contributed by atoms with E-state index >= 15 is 0 Å². The Balaban J connectivity index is 1.84. The molecule has 2 rings (SSSR count). The second kappa shape index (κ2) is 5.13. The molecule has 2 heteroatoms. The van der Waals surface area contributed by atoms with Crippen molar-refractivity contribution in [3.05, 3.63) is 12.7 Å². The van der Waals surface area contributed by atoms with E-state index in [0.29, 0.717) is 6.04 Å². The minimum atomic E-state index is 0.555. The third-order valence-corrected chi connectivity index (χ3v) is 3.75. The van der Waals surface area contributed by atoms with Crippen molar-refractivity contribution >= 4 is 0 Å². The normalized spacial score (nSPS) is 29.1. The smallest absolute Gasteiger partial charge is 0.0250 e. The van der Waals surface area contributed by atoms with Gasteiger partial charge in [-0.2, -0.15) is 0 Å². The van der Waals surface area contributed by atoms with Crippen LogP contribution >= 0.6 is 0 Å². The second-order valence-corrected chi connectivity index (χ2v) is 5.12. The second-order valence-electron chi connectivity index (χ2n) is 5.12. The van der Waals surface area contributed by atoms with Crippen LogP contribution in [0.4, 0.5) is 0 Å². The van der Waals surface area contributed by atoms with Gasteiger partial charge in [-0.1, -0.05) is 6.08 Å². The minimum absolute atomic E-state index is 0.555. The average molecular weight is 208 g/mol. The fourth-order valence-corrected chi connectivity index (χ4v) is 2.57. The van der Waals surface area contributed by atoms with Crippen LogP contribution in [0.15, 0.2) is 12.7 Å². The number of nitrogens with one attached hydrogen (secondary N) is 1. The maximum Gasteiger partial charge on any atom is 0.0250 e. The van der Waals surface area contributed by atoms with Crippen molar-refractivity contribution in [3.63, 3.8) is 0 Å². The number of hydrogen-bond donors (Lipinski definition) is 1. The summed E-state index contributed by atoms with van der Waals surface area (Å²) in [5, 5.41) is 3.50. The van der Waals surface area contributed by atoms with E-state index in [4.69, 9.17) is 0 Å². The maximum absolute atomic E-state index is 3.93. The summed E-state index contributed by atoms with van der Waals surface area (Å²) in [7, 11) is 0. The fraction of sp³-hybridized carbons (Fsp3) is 0.846. The van der Waals surface area contributed by atoms with Crippen molar-refractivity contribution in [2.24, 2.45) is 5.92 Å². The Bertz CT molecular complexity index is 205. The molecule has 0 aromatic carbocycles. The van der Waals surface area contributed by atoms with Crippen molar-refractivity contribution in [2.75, 3.05) is 19.6 Å². The molecular weight excluding hydrogens is 184 g/mol. The average Bonchev–Trinajstić information content (AvgIpc) is 3.10.